The average Bonchev–Trinajstić information content (AvgIpc) is 2.56. The summed E-state index contributed by atoms with van der Waals surface area (Å²) in [4.78, 5) is 11.8. The lowest BCUT2D eigenvalue weighted by atomic mass is 9.91. The molecule has 0 bridgehead atoms. The molecule has 0 fully saturated rings. The Hall–Kier alpha value is -1.59. The molecule has 0 saturated heterocycles. The second kappa shape index (κ2) is 7.75. The second-order valence-electron chi connectivity index (χ2n) is 7.95. The molecule has 1 aliphatic carbocycles. The standard InChI is InChI=1S/C20H30O4Si/c1-20(2,3)25(5,6)24-13-12-23-18-9-7-8-15-10-11-16(14-17(15)18)19(21)22-4/h7-9,14H,10-13H2,1-6H3. The van der Waals surface area contributed by atoms with Gasteiger partial charge in [0.15, 0.2) is 8.32 Å². The molecule has 0 unspecified atom stereocenters. The minimum atomic E-state index is -1.76. The highest BCUT2D eigenvalue weighted by Gasteiger charge is 2.36. The van der Waals surface area contributed by atoms with Gasteiger partial charge in [0.1, 0.15) is 12.4 Å². The van der Waals surface area contributed by atoms with Crippen molar-refractivity contribution in [3.05, 3.63) is 34.9 Å². The Kier molecular flexibility index (Phi) is 6.11. The molecule has 1 aliphatic rings. The third-order valence-corrected chi connectivity index (χ3v) is 9.73. The van der Waals surface area contributed by atoms with Crippen LogP contribution < -0.4 is 4.74 Å². The normalized spacial score (nSPS) is 14.6. The van der Waals surface area contributed by atoms with Crippen molar-refractivity contribution in [2.45, 2.75) is 51.7 Å². The van der Waals surface area contributed by atoms with E-state index in [0.717, 1.165) is 17.7 Å². The zero-order valence-corrected chi connectivity index (χ0v) is 17.3. The summed E-state index contributed by atoms with van der Waals surface area (Å²) in [5.41, 5.74) is 2.89. The summed E-state index contributed by atoms with van der Waals surface area (Å²) in [6, 6.07) is 6.03. The maximum absolute atomic E-state index is 11.8. The number of esters is 1. The number of fused-ring (bicyclic) bond motifs is 1. The van der Waals surface area contributed by atoms with Gasteiger partial charge in [0, 0.05) is 11.1 Å². The number of aryl methyl sites for hydroxylation is 1. The van der Waals surface area contributed by atoms with Gasteiger partial charge in [-0.05, 0) is 48.7 Å². The average molecular weight is 363 g/mol. The van der Waals surface area contributed by atoms with Gasteiger partial charge >= 0.3 is 5.97 Å². The minimum absolute atomic E-state index is 0.192. The number of ether oxygens (including phenoxy) is 2. The number of carbonyl (C=O) groups excluding carboxylic acids is 1. The Morgan fingerprint density at radius 3 is 2.52 bits per heavy atom. The van der Waals surface area contributed by atoms with Crippen LogP contribution in [0.15, 0.2) is 23.8 Å². The Morgan fingerprint density at radius 1 is 1.16 bits per heavy atom. The fourth-order valence-electron chi connectivity index (χ4n) is 2.57. The molecule has 0 saturated carbocycles. The van der Waals surface area contributed by atoms with Gasteiger partial charge in [0.05, 0.1) is 13.7 Å². The molecule has 2 rings (SSSR count). The molecule has 25 heavy (non-hydrogen) atoms. The van der Waals surface area contributed by atoms with Gasteiger partial charge in [-0.1, -0.05) is 32.9 Å². The third kappa shape index (κ3) is 4.73. The fourth-order valence-corrected chi connectivity index (χ4v) is 3.60. The van der Waals surface area contributed by atoms with Crippen LogP contribution in [0.2, 0.25) is 18.1 Å². The molecule has 1 aromatic carbocycles. The number of benzene rings is 1. The predicted octanol–water partition coefficient (Wildman–Crippen LogP) is 4.59. The molecule has 138 valence electrons. The van der Waals surface area contributed by atoms with E-state index in [1.165, 1.54) is 12.7 Å². The first-order chi connectivity index (χ1) is 11.7. The van der Waals surface area contributed by atoms with Crippen LogP contribution in [-0.2, 0) is 20.4 Å². The number of carbonyl (C=O) groups is 1. The Labute approximate surface area is 152 Å². The second-order valence-corrected chi connectivity index (χ2v) is 12.8. The van der Waals surface area contributed by atoms with E-state index in [-0.39, 0.29) is 11.0 Å². The van der Waals surface area contributed by atoms with E-state index in [9.17, 15) is 4.79 Å². The highest BCUT2D eigenvalue weighted by atomic mass is 28.4. The van der Waals surface area contributed by atoms with Crippen LogP contribution in [0.1, 0.15) is 38.3 Å². The lowest BCUT2D eigenvalue weighted by molar-refractivity contribution is -0.136. The quantitative estimate of drug-likeness (QED) is 0.422. The number of hydrogen-bond acceptors (Lipinski definition) is 4. The fraction of sp³-hybridized carbons (Fsp3) is 0.550. The molecule has 0 aromatic heterocycles. The van der Waals surface area contributed by atoms with Gasteiger partial charge in [-0.3, -0.25) is 0 Å². The van der Waals surface area contributed by atoms with E-state index in [4.69, 9.17) is 13.9 Å². The summed E-state index contributed by atoms with van der Waals surface area (Å²) in [6.45, 7) is 12.2. The lowest BCUT2D eigenvalue weighted by Gasteiger charge is -2.36. The number of rotatable bonds is 6. The lowest BCUT2D eigenvalue weighted by Crippen LogP contribution is -2.41. The van der Waals surface area contributed by atoms with Crippen molar-refractivity contribution in [1.29, 1.82) is 0 Å². The van der Waals surface area contributed by atoms with E-state index in [1.54, 1.807) is 0 Å². The van der Waals surface area contributed by atoms with Crippen molar-refractivity contribution in [2.75, 3.05) is 20.3 Å². The van der Waals surface area contributed by atoms with E-state index < -0.39 is 8.32 Å². The molecule has 0 aliphatic heterocycles. The van der Waals surface area contributed by atoms with Crippen molar-refractivity contribution in [3.63, 3.8) is 0 Å². The van der Waals surface area contributed by atoms with Crippen LogP contribution in [0, 0.1) is 0 Å². The minimum Gasteiger partial charge on any atom is -0.491 e. The Bertz CT molecular complexity index is 656. The monoisotopic (exact) mass is 362 g/mol. The van der Waals surface area contributed by atoms with Crippen molar-refractivity contribution < 1.29 is 18.7 Å². The first-order valence-corrected chi connectivity index (χ1v) is 11.7. The number of hydrogen-bond donors (Lipinski definition) is 0. The van der Waals surface area contributed by atoms with E-state index >= 15 is 0 Å². The maximum atomic E-state index is 11.8. The highest BCUT2D eigenvalue weighted by molar-refractivity contribution is 6.74. The van der Waals surface area contributed by atoms with Gasteiger partial charge in [-0.2, -0.15) is 0 Å². The summed E-state index contributed by atoms with van der Waals surface area (Å²) in [5, 5.41) is 0.192. The van der Waals surface area contributed by atoms with Gasteiger partial charge in [-0.25, -0.2) is 4.79 Å². The van der Waals surface area contributed by atoms with Gasteiger partial charge < -0.3 is 13.9 Å². The van der Waals surface area contributed by atoms with Crippen LogP contribution in [0.25, 0.3) is 6.08 Å². The topological polar surface area (TPSA) is 44.8 Å². The van der Waals surface area contributed by atoms with Crippen molar-refractivity contribution >= 4 is 20.4 Å². The molecule has 0 spiro atoms. The van der Waals surface area contributed by atoms with Gasteiger partial charge in [-0.15, -0.1) is 0 Å². The van der Waals surface area contributed by atoms with Crippen LogP contribution in [0.5, 0.6) is 5.75 Å². The molecule has 1 aromatic rings. The van der Waals surface area contributed by atoms with Crippen molar-refractivity contribution in [2.24, 2.45) is 0 Å². The molecule has 0 radical (unpaired) electrons. The van der Waals surface area contributed by atoms with E-state index in [1.807, 2.05) is 18.2 Å². The summed E-state index contributed by atoms with van der Waals surface area (Å²) >= 11 is 0. The summed E-state index contributed by atoms with van der Waals surface area (Å²) in [5.74, 6) is 0.541. The molecular formula is C20H30O4Si. The first kappa shape index (κ1) is 19.7. The summed E-state index contributed by atoms with van der Waals surface area (Å²) in [6.07, 6.45) is 3.43. The molecule has 0 heterocycles. The van der Waals surface area contributed by atoms with Crippen LogP contribution in [-0.4, -0.2) is 34.6 Å². The van der Waals surface area contributed by atoms with Crippen LogP contribution >= 0.6 is 0 Å². The van der Waals surface area contributed by atoms with Crippen molar-refractivity contribution in [3.8, 4) is 5.75 Å². The zero-order valence-electron chi connectivity index (χ0n) is 16.3. The summed E-state index contributed by atoms with van der Waals surface area (Å²) < 4.78 is 17.0. The Morgan fingerprint density at radius 2 is 1.88 bits per heavy atom. The van der Waals surface area contributed by atoms with Gasteiger partial charge in [0.25, 0.3) is 0 Å². The SMILES string of the molecule is COC(=O)C1=Cc2c(cccc2OCCO[Si](C)(C)C(C)(C)C)CC1. The third-order valence-electron chi connectivity index (χ3n) is 5.20. The van der Waals surface area contributed by atoms with E-state index in [0.29, 0.717) is 25.2 Å². The predicted molar refractivity (Wildman–Crippen MR) is 103 cm³/mol. The maximum Gasteiger partial charge on any atom is 0.333 e. The largest absolute Gasteiger partial charge is 0.491 e. The molecule has 4 nitrogen and oxygen atoms in total. The summed E-state index contributed by atoms with van der Waals surface area (Å²) in [7, 11) is -0.340. The smallest absolute Gasteiger partial charge is 0.333 e. The van der Waals surface area contributed by atoms with Crippen molar-refractivity contribution in [1.82, 2.24) is 0 Å². The molecule has 0 atom stereocenters. The molecule has 0 amide bonds. The zero-order chi connectivity index (χ0) is 18.7. The first-order valence-electron chi connectivity index (χ1n) is 8.83. The Balaban J connectivity index is 2.03. The number of methoxy groups -OCH3 is 1. The highest BCUT2D eigenvalue weighted by Crippen LogP contribution is 2.36. The molecular weight excluding hydrogens is 332 g/mol. The van der Waals surface area contributed by atoms with Gasteiger partial charge in [0.2, 0.25) is 0 Å². The van der Waals surface area contributed by atoms with E-state index in [2.05, 4.69) is 39.9 Å². The van der Waals surface area contributed by atoms with Crippen LogP contribution in [0.4, 0.5) is 0 Å². The molecule has 0 N–H and O–H groups in total. The van der Waals surface area contributed by atoms with Crippen LogP contribution in [0.3, 0.4) is 0 Å². The molecule has 5 heteroatoms.